The third-order valence-corrected chi connectivity index (χ3v) is 4.76. The normalized spacial score (nSPS) is 21.9. The van der Waals surface area contributed by atoms with Crippen molar-refractivity contribution < 1.29 is 9.59 Å². The predicted molar refractivity (Wildman–Crippen MR) is 80.1 cm³/mol. The van der Waals surface area contributed by atoms with E-state index in [4.69, 9.17) is 0 Å². The third kappa shape index (κ3) is 2.33. The van der Waals surface area contributed by atoms with Crippen molar-refractivity contribution in [2.24, 2.45) is 0 Å². The highest BCUT2D eigenvalue weighted by atomic mass is 32.2. The minimum atomic E-state index is -0.0923. The Labute approximate surface area is 122 Å². The molecule has 0 radical (unpaired) electrons. The Kier molecular flexibility index (Phi) is 3.53. The molecule has 2 aliphatic rings. The topological polar surface area (TPSA) is 49.4 Å². The zero-order chi connectivity index (χ0) is 14.1. The Morgan fingerprint density at radius 2 is 2.10 bits per heavy atom. The first-order chi connectivity index (χ1) is 9.66. The summed E-state index contributed by atoms with van der Waals surface area (Å²) in [5.41, 5.74) is 1.52. The van der Waals surface area contributed by atoms with Gasteiger partial charge in [0.15, 0.2) is 0 Å². The fourth-order valence-electron chi connectivity index (χ4n) is 2.51. The van der Waals surface area contributed by atoms with Gasteiger partial charge in [-0.3, -0.25) is 9.59 Å². The number of nitrogens with one attached hydrogen (secondary N) is 1. The van der Waals surface area contributed by atoms with E-state index in [-0.39, 0.29) is 17.1 Å². The van der Waals surface area contributed by atoms with E-state index in [1.54, 1.807) is 4.90 Å². The van der Waals surface area contributed by atoms with E-state index in [0.717, 1.165) is 35.7 Å². The molecule has 1 atom stereocenters. The number of hydrogen-bond donors (Lipinski definition) is 1. The van der Waals surface area contributed by atoms with Crippen LogP contribution in [-0.2, 0) is 9.59 Å². The highest BCUT2D eigenvalue weighted by Gasteiger charge is 2.38. The molecular weight excluding hydrogens is 272 g/mol. The molecule has 1 fully saturated rings. The summed E-state index contributed by atoms with van der Waals surface area (Å²) < 4.78 is 0. The molecule has 1 unspecified atom stereocenters. The van der Waals surface area contributed by atoms with Gasteiger partial charge in [-0.2, -0.15) is 0 Å². The highest BCUT2D eigenvalue weighted by Crippen LogP contribution is 2.41. The lowest BCUT2D eigenvalue weighted by atomic mass is 10.1. The van der Waals surface area contributed by atoms with Crippen LogP contribution in [0.15, 0.2) is 40.9 Å². The van der Waals surface area contributed by atoms with Crippen molar-refractivity contribution in [3.05, 3.63) is 40.9 Å². The van der Waals surface area contributed by atoms with Crippen LogP contribution in [0, 0.1) is 0 Å². The summed E-state index contributed by atoms with van der Waals surface area (Å²) in [6.07, 6.45) is 1.58. The average molecular weight is 288 g/mol. The van der Waals surface area contributed by atoms with Gasteiger partial charge in [0.1, 0.15) is 0 Å². The van der Waals surface area contributed by atoms with E-state index in [2.05, 4.69) is 5.32 Å². The van der Waals surface area contributed by atoms with Crippen molar-refractivity contribution in [1.82, 2.24) is 4.90 Å². The monoisotopic (exact) mass is 288 g/mol. The molecule has 2 aliphatic heterocycles. The van der Waals surface area contributed by atoms with Crippen LogP contribution in [0.5, 0.6) is 0 Å². The second-order valence-corrected chi connectivity index (χ2v) is 6.29. The second-order valence-electron chi connectivity index (χ2n) is 4.96. The number of fused-ring (bicyclic) bond motifs is 1. The van der Waals surface area contributed by atoms with Gasteiger partial charge >= 0.3 is 0 Å². The largest absolute Gasteiger partial charge is 0.322 e. The third-order valence-electron chi connectivity index (χ3n) is 3.52. The fraction of sp³-hybridized carbons (Fsp3) is 0.333. The van der Waals surface area contributed by atoms with Gasteiger partial charge in [-0.25, -0.2) is 0 Å². The van der Waals surface area contributed by atoms with Gasteiger partial charge in [0.2, 0.25) is 5.91 Å². The first-order valence-electron chi connectivity index (χ1n) is 6.74. The van der Waals surface area contributed by atoms with Crippen molar-refractivity contribution in [2.75, 3.05) is 11.9 Å². The minimum Gasteiger partial charge on any atom is -0.322 e. The zero-order valence-electron chi connectivity index (χ0n) is 11.3. The molecule has 1 saturated heterocycles. The standard InChI is InChI=1S/C15H16N2O2S/c1-10-14(19)17-9-5-8-12(15(17)20-10)13(18)16-11-6-3-2-4-7-11/h2-4,6-7,10H,5,8-9H2,1H3,(H,16,18). The van der Waals surface area contributed by atoms with Crippen molar-refractivity contribution in [2.45, 2.75) is 25.0 Å². The van der Waals surface area contributed by atoms with Gasteiger partial charge in [0.25, 0.3) is 5.91 Å². The van der Waals surface area contributed by atoms with Crippen molar-refractivity contribution in [1.29, 1.82) is 0 Å². The van der Waals surface area contributed by atoms with Crippen LogP contribution in [0.25, 0.3) is 0 Å². The summed E-state index contributed by atoms with van der Waals surface area (Å²) >= 11 is 1.50. The molecule has 2 heterocycles. The zero-order valence-corrected chi connectivity index (χ0v) is 12.1. The lowest BCUT2D eigenvalue weighted by molar-refractivity contribution is -0.127. The van der Waals surface area contributed by atoms with Gasteiger partial charge in [-0.1, -0.05) is 30.0 Å². The molecule has 0 bridgehead atoms. The molecular formula is C15H16N2O2S. The molecule has 0 aromatic heterocycles. The highest BCUT2D eigenvalue weighted by molar-refractivity contribution is 8.04. The number of thioether (sulfide) groups is 1. The fourth-order valence-corrected chi connectivity index (χ4v) is 3.71. The predicted octanol–water partition coefficient (Wildman–Crippen LogP) is 2.59. The van der Waals surface area contributed by atoms with Gasteiger partial charge < -0.3 is 10.2 Å². The number of carbonyl (C=O) groups excluding carboxylic acids is 2. The van der Waals surface area contributed by atoms with E-state index in [1.165, 1.54) is 11.8 Å². The Balaban J connectivity index is 1.85. The van der Waals surface area contributed by atoms with E-state index >= 15 is 0 Å². The summed E-state index contributed by atoms with van der Waals surface area (Å²) in [6, 6.07) is 9.40. The Hall–Kier alpha value is -1.75. The molecule has 0 saturated carbocycles. The Morgan fingerprint density at radius 3 is 2.85 bits per heavy atom. The van der Waals surface area contributed by atoms with Crippen LogP contribution < -0.4 is 5.32 Å². The van der Waals surface area contributed by atoms with Gasteiger partial charge in [-0.15, -0.1) is 0 Å². The number of amides is 2. The van der Waals surface area contributed by atoms with E-state index < -0.39 is 0 Å². The SMILES string of the molecule is CC1SC2=C(C(=O)Nc3ccccc3)CCCN2C1=O. The molecule has 1 aromatic rings. The van der Waals surface area contributed by atoms with Gasteiger partial charge in [-0.05, 0) is 31.9 Å². The number of carbonyl (C=O) groups is 2. The maximum Gasteiger partial charge on any atom is 0.254 e. The molecule has 4 nitrogen and oxygen atoms in total. The smallest absolute Gasteiger partial charge is 0.254 e. The number of benzene rings is 1. The maximum atomic E-state index is 12.4. The molecule has 2 amide bonds. The summed E-state index contributed by atoms with van der Waals surface area (Å²) in [7, 11) is 0. The van der Waals surface area contributed by atoms with Crippen LogP contribution in [0.3, 0.4) is 0 Å². The van der Waals surface area contributed by atoms with Crippen molar-refractivity contribution >= 4 is 29.3 Å². The summed E-state index contributed by atoms with van der Waals surface area (Å²) in [5, 5.41) is 3.67. The minimum absolute atomic E-state index is 0.0809. The van der Waals surface area contributed by atoms with Gasteiger partial charge in [0, 0.05) is 17.8 Å². The van der Waals surface area contributed by atoms with Crippen LogP contribution in [0.2, 0.25) is 0 Å². The number of rotatable bonds is 2. The summed E-state index contributed by atoms with van der Waals surface area (Å²) in [6.45, 7) is 2.62. The molecule has 1 N–H and O–H groups in total. The number of hydrogen-bond acceptors (Lipinski definition) is 3. The molecule has 3 rings (SSSR count). The van der Waals surface area contributed by atoms with E-state index in [9.17, 15) is 9.59 Å². The first kappa shape index (κ1) is 13.2. The van der Waals surface area contributed by atoms with E-state index in [1.807, 2.05) is 37.3 Å². The molecule has 5 heteroatoms. The lowest BCUT2D eigenvalue weighted by Gasteiger charge is -2.25. The lowest BCUT2D eigenvalue weighted by Crippen LogP contribution is -2.33. The molecule has 1 aromatic carbocycles. The van der Waals surface area contributed by atoms with Crippen LogP contribution in [0.1, 0.15) is 19.8 Å². The molecule has 0 spiro atoms. The maximum absolute atomic E-state index is 12.4. The number of para-hydroxylation sites is 1. The second kappa shape index (κ2) is 5.32. The molecule has 104 valence electrons. The summed E-state index contributed by atoms with van der Waals surface area (Å²) in [5.74, 6) is 0.0278. The van der Waals surface area contributed by atoms with Crippen LogP contribution in [0.4, 0.5) is 5.69 Å². The Morgan fingerprint density at radius 1 is 1.35 bits per heavy atom. The first-order valence-corrected chi connectivity index (χ1v) is 7.62. The Bertz CT molecular complexity index is 583. The number of nitrogens with zero attached hydrogens (tertiary/aromatic N) is 1. The van der Waals surface area contributed by atoms with Crippen LogP contribution >= 0.6 is 11.8 Å². The number of anilines is 1. The van der Waals surface area contributed by atoms with Crippen LogP contribution in [-0.4, -0.2) is 28.5 Å². The molecule has 20 heavy (non-hydrogen) atoms. The van der Waals surface area contributed by atoms with E-state index in [0.29, 0.717) is 0 Å². The van der Waals surface area contributed by atoms with Crippen molar-refractivity contribution in [3.63, 3.8) is 0 Å². The van der Waals surface area contributed by atoms with Gasteiger partial charge in [0.05, 0.1) is 10.3 Å². The molecule has 0 aliphatic carbocycles. The quantitative estimate of drug-likeness (QED) is 0.910. The summed E-state index contributed by atoms with van der Waals surface area (Å²) in [4.78, 5) is 26.2. The van der Waals surface area contributed by atoms with Crippen molar-refractivity contribution in [3.8, 4) is 0 Å². The average Bonchev–Trinajstić information content (AvgIpc) is 2.75.